The molecular weight excluding hydrogens is 430 g/mol. The van der Waals surface area contributed by atoms with Crippen molar-refractivity contribution < 1.29 is 13.2 Å². The number of anilines is 1. The van der Waals surface area contributed by atoms with E-state index >= 15 is 0 Å². The molecule has 0 bridgehead atoms. The molecule has 0 fully saturated rings. The summed E-state index contributed by atoms with van der Waals surface area (Å²) in [5.74, 6) is -0.234. The van der Waals surface area contributed by atoms with Crippen molar-refractivity contribution in [2.75, 3.05) is 5.32 Å². The maximum absolute atomic E-state index is 12.4. The lowest BCUT2D eigenvalue weighted by Crippen LogP contribution is -2.40. The van der Waals surface area contributed by atoms with E-state index in [2.05, 4.69) is 15.4 Å². The number of hydrogen-bond acceptors (Lipinski definition) is 4. The van der Waals surface area contributed by atoms with Crippen LogP contribution in [-0.2, 0) is 21.2 Å². The molecule has 3 N–H and O–H groups in total. The predicted molar refractivity (Wildman–Crippen MR) is 129 cm³/mol. The smallest absolute Gasteiger partial charge is 0.241 e. The summed E-state index contributed by atoms with van der Waals surface area (Å²) in [4.78, 5) is 12.6. The maximum Gasteiger partial charge on any atom is 0.241 e. The number of benzene rings is 3. The Hall–Kier alpha value is -2.81. The first-order chi connectivity index (χ1) is 14.5. The molecule has 162 valence electrons. The van der Waals surface area contributed by atoms with Crippen LogP contribution in [0.4, 0.5) is 5.69 Å². The Morgan fingerprint density at radius 2 is 1.58 bits per heavy atom. The van der Waals surface area contributed by atoms with E-state index in [9.17, 15) is 13.2 Å². The SMILES string of the molecule is CC(C)(C)NS(=O)(=O)c1ccc(NC(=S)NC(=O)Cc2cccc3ccccc23)cc1. The molecule has 8 heteroatoms. The van der Waals surface area contributed by atoms with E-state index in [1.807, 2.05) is 42.5 Å². The van der Waals surface area contributed by atoms with Crippen LogP contribution in [0.2, 0.25) is 0 Å². The highest BCUT2D eigenvalue weighted by atomic mass is 32.2. The van der Waals surface area contributed by atoms with Gasteiger partial charge in [0, 0.05) is 11.2 Å². The van der Waals surface area contributed by atoms with Crippen molar-refractivity contribution in [3.05, 3.63) is 72.3 Å². The van der Waals surface area contributed by atoms with Gasteiger partial charge in [0.05, 0.1) is 11.3 Å². The van der Waals surface area contributed by atoms with E-state index in [0.29, 0.717) is 5.69 Å². The number of nitrogens with one attached hydrogen (secondary N) is 3. The molecule has 0 atom stereocenters. The third kappa shape index (κ3) is 6.33. The average molecular weight is 456 g/mol. The van der Waals surface area contributed by atoms with Crippen molar-refractivity contribution in [3.8, 4) is 0 Å². The largest absolute Gasteiger partial charge is 0.332 e. The summed E-state index contributed by atoms with van der Waals surface area (Å²) in [5, 5.41) is 7.82. The molecule has 1 amide bonds. The topological polar surface area (TPSA) is 87.3 Å². The Labute approximate surface area is 188 Å². The highest BCUT2D eigenvalue weighted by Gasteiger charge is 2.21. The second-order valence-electron chi connectivity index (χ2n) is 8.20. The Bertz CT molecular complexity index is 1210. The molecule has 3 aromatic rings. The molecular formula is C23H25N3O3S2. The quantitative estimate of drug-likeness (QED) is 0.507. The molecule has 0 aliphatic carbocycles. The predicted octanol–water partition coefficient (Wildman–Crippen LogP) is 3.97. The molecule has 0 aliphatic heterocycles. The molecule has 0 spiro atoms. The van der Waals surface area contributed by atoms with E-state index in [0.717, 1.165) is 16.3 Å². The summed E-state index contributed by atoms with van der Waals surface area (Å²) in [6, 6.07) is 19.9. The summed E-state index contributed by atoms with van der Waals surface area (Å²) in [7, 11) is -3.62. The van der Waals surface area contributed by atoms with Gasteiger partial charge >= 0.3 is 0 Å². The lowest BCUT2D eigenvalue weighted by molar-refractivity contribution is -0.119. The minimum atomic E-state index is -3.62. The number of carbonyl (C=O) groups excluding carboxylic acids is 1. The molecule has 0 heterocycles. The first-order valence-corrected chi connectivity index (χ1v) is 11.6. The van der Waals surface area contributed by atoms with Crippen molar-refractivity contribution >= 4 is 49.7 Å². The van der Waals surface area contributed by atoms with Gasteiger partial charge in [-0.1, -0.05) is 42.5 Å². The minimum absolute atomic E-state index is 0.147. The van der Waals surface area contributed by atoms with Crippen LogP contribution in [-0.4, -0.2) is 25.0 Å². The Balaban J connectivity index is 1.61. The fourth-order valence-corrected chi connectivity index (χ4v) is 4.78. The van der Waals surface area contributed by atoms with Crippen LogP contribution in [0.3, 0.4) is 0 Å². The summed E-state index contributed by atoms with van der Waals surface area (Å²) < 4.78 is 27.4. The van der Waals surface area contributed by atoms with Crippen molar-refractivity contribution in [2.45, 2.75) is 37.6 Å². The van der Waals surface area contributed by atoms with Gasteiger partial charge in [0.15, 0.2) is 5.11 Å². The van der Waals surface area contributed by atoms with Crippen LogP contribution in [0, 0.1) is 0 Å². The summed E-state index contributed by atoms with van der Waals surface area (Å²) >= 11 is 5.23. The van der Waals surface area contributed by atoms with Gasteiger partial charge in [0.2, 0.25) is 15.9 Å². The number of fused-ring (bicyclic) bond motifs is 1. The zero-order chi connectivity index (χ0) is 22.6. The molecule has 0 saturated carbocycles. The lowest BCUT2D eigenvalue weighted by Gasteiger charge is -2.20. The first kappa shape index (κ1) is 22.9. The van der Waals surface area contributed by atoms with Gasteiger partial charge in [-0.3, -0.25) is 4.79 Å². The zero-order valence-corrected chi connectivity index (χ0v) is 19.2. The van der Waals surface area contributed by atoms with E-state index in [1.165, 1.54) is 12.1 Å². The van der Waals surface area contributed by atoms with E-state index in [4.69, 9.17) is 12.2 Å². The van der Waals surface area contributed by atoms with Gasteiger partial charge < -0.3 is 10.6 Å². The van der Waals surface area contributed by atoms with E-state index in [1.54, 1.807) is 32.9 Å². The van der Waals surface area contributed by atoms with Crippen LogP contribution >= 0.6 is 12.2 Å². The highest BCUT2D eigenvalue weighted by molar-refractivity contribution is 7.89. The average Bonchev–Trinajstić information content (AvgIpc) is 2.66. The maximum atomic E-state index is 12.4. The summed E-state index contributed by atoms with van der Waals surface area (Å²) in [6.45, 7) is 5.33. The third-order valence-corrected chi connectivity index (χ3v) is 6.32. The monoisotopic (exact) mass is 455 g/mol. The van der Waals surface area contributed by atoms with E-state index < -0.39 is 15.6 Å². The van der Waals surface area contributed by atoms with E-state index in [-0.39, 0.29) is 22.3 Å². The fourth-order valence-electron chi connectivity index (χ4n) is 3.13. The Kier molecular flexibility index (Phi) is 6.74. The van der Waals surface area contributed by atoms with Crippen LogP contribution in [0.25, 0.3) is 10.8 Å². The lowest BCUT2D eigenvalue weighted by atomic mass is 10.0. The van der Waals surface area contributed by atoms with Crippen molar-refractivity contribution in [2.24, 2.45) is 0 Å². The first-order valence-electron chi connectivity index (χ1n) is 9.75. The van der Waals surface area contributed by atoms with Gasteiger partial charge in [-0.05, 0) is 73.6 Å². The molecule has 3 rings (SSSR count). The van der Waals surface area contributed by atoms with Gasteiger partial charge in [-0.15, -0.1) is 0 Å². The number of amides is 1. The number of thiocarbonyl (C=S) groups is 1. The van der Waals surface area contributed by atoms with Crippen LogP contribution in [0.5, 0.6) is 0 Å². The molecule has 0 saturated heterocycles. The minimum Gasteiger partial charge on any atom is -0.332 e. The molecule has 31 heavy (non-hydrogen) atoms. The van der Waals surface area contributed by atoms with Gasteiger partial charge in [0.1, 0.15) is 0 Å². The van der Waals surface area contributed by atoms with Crippen molar-refractivity contribution in [3.63, 3.8) is 0 Å². The number of hydrogen-bond donors (Lipinski definition) is 3. The van der Waals surface area contributed by atoms with Crippen LogP contribution in [0.1, 0.15) is 26.3 Å². The second kappa shape index (κ2) is 9.13. The molecule has 6 nitrogen and oxygen atoms in total. The normalized spacial score (nSPS) is 11.8. The summed E-state index contributed by atoms with van der Waals surface area (Å²) in [5.41, 5.74) is 0.913. The number of sulfonamides is 1. The molecule has 3 aromatic carbocycles. The molecule has 0 unspecified atom stereocenters. The van der Waals surface area contributed by atoms with Gasteiger partial charge in [0.25, 0.3) is 0 Å². The van der Waals surface area contributed by atoms with Crippen molar-refractivity contribution in [1.29, 1.82) is 0 Å². The second-order valence-corrected chi connectivity index (χ2v) is 10.3. The summed E-state index contributed by atoms with van der Waals surface area (Å²) in [6.07, 6.45) is 0.193. The van der Waals surface area contributed by atoms with Crippen molar-refractivity contribution in [1.82, 2.24) is 10.0 Å². The molecule has 0 radical (unpaired) electrons. The van der Waals surface area contributed by atoms with Gasteiger partial charge in [-0.25, -0.2) is 13.1 Å². The number of rotatable bonds is 5. The number of carbonyl (C=O) groups is 1. The Morgan fingerprint density at radius 3 is 2.26 bits per heavy atom. The third-order valence-electron chi connectivity index (χ3n) is 4.35. The highest BCUT2D eigenvalue weighted by Crippen LogP contribution is 2.19. The standard InChI is InChI=1S/C23H25N3O3S2/c1-23(2,3)26-31(28,29)19-13-11-18(12-14-19)24-22(30)25-21(27)15-17-9-6-8-16-7-4-5-10-20(16)17/h4-14,26H,15H2,1-3H3,(H2,24,25,27,30). The van der Waals surface area contributed by atoms with Crippen LogP contribution < -0.4 is 15.4 Å². The van der Waals surface area contributed by atoms with Crippen LogP contribution in [0.15, 0.2) is 71.6 Å². The zero-order valence-electron chi connectivity index (χ0n) is 17.6. The molecule has 0 aromatic heterocycles. The molecule has 0 aliphatic rings. The van der Waals surface area contributed by atoms with Gasteiger partial charge in [-0.2, -0.15) is 0 Å². The fraction of sp³-hybridized carbons (Fsp3) is 0.217. The Morgan fingerprint density at radius 1 is 0.935 bits per heavy atom.